The highest BCUT2D eigenvalue weighted by Gasteiger charge is 2.14. The van der Waals surface area contributed by atoms with E-state index in [1.807, 2.05) is 24.3 Å². The summed E-state index contributed by atoms with van der Waals surface area (Å²) in [5.41, 5.74) is 6.78. The van der Waals surface area contributed by atoms with E-state index in [9.17, 15) is 0 Å². The van der Waals surface area contributed by atoms with Crippen LogP contribution in [-0.4, -0.2) is 21.9 Å². The zero-order valence-electron chi connectivity index (χ0n) is 10.9. The van der Waals surface area contributed by atoms with Gasteiger partial charge in [0.1, 0.15) is 0 Å². The Morgan fingerprint density at radius 2 is 1.95 bits per heavy atom. The quantitative estimate of drug-likeness (QED) is 0.754. The third-order valence-corrected chi connectivity index (χ3v) is 3.23. The number of hydrogen-bond acceptors (Lipinski definition) is 5. The lowest BCUT2D eigenvalue weighted by atomic mass is 10.0. The van der Waals surface area contributed by atoms with Gasteiger partial charge in [-0.3, -0.25) is 0 Å². The average molecular weight is 269 g/mol. The topological polar surface area (TPSA) is 85.2 Å². The van der Waals surface area contributed by atoms with Crippen LogP contribution in [0, 0.1) is 0 Å². The molecule has 0 saturated heterocycles. The monoisotopic (exact) mass is 269 g/mol. The number of benzene rings is 2. The Hall–Kier alpha value is -2.24. The molecule has 102 valence electrons. The number of nitrogens with two attached hydrogens (primary N) is 1. The second-order valence-corrected chi connectivity index (χ2v) is 4.65. The first-order valence-electron chi connectivity index (χ1n) is 6.43. The number of rotatable bonds is 4. The predicted octanol–water partition coefficient (Wildman–Crippen LogP) is 1.81. The highest BCUT2D eigenvalue weighted by Crippen LogP contribution is 2.21. The number of aliphatic hydroxyl groups excluding tert-OH is 1. The van der Waals surface area contributed by atoms with E-state index in [4.69, 9.17) is 15.4 Å². The first-order chi connectivity index (χ1) is 9.78. The fourth-order valence-electron chi connectivity index (χ4n) is 2.18. The molecule has 0 amide bonds. The van der Waals surface area contributed by atoms with Crippen LogP contribution in [0.25, 0.3) is 10.8 Å². The van der Waals surface area contributed by atoms with E-state index in [1.165, 1.54) is 10.8 Å². The van der Waals surface area contributed by atoms with Gasteiger partial charge in [-0.05, 0) is 16.3 Å². The van der Waals surface area contributed by atoms with Crippen LogP contribution in [0.1, 0.15) is 23.3 Å². The zero-order valence-corrected chi connectivity index (χ0v) is 10.9. The lowest BCUT2D eigenvalue weighted by molar-refractivity contribution is 0.259. The molecule has 0 bridgehead atoms. The van der Waals surface area contributed by atoms with Crippen molar-refractivity contribution in [1.82, 2.24) is 10.1 Å². The summed E-state index contributed by atoms with van der Waals surface area (Å²) in [5.74, 6) is 0.836. The lowest BCUT2D eigenvalue weighted by Crippen LogP contribution is -2.16. The van der Waals surface area contributed by atoms with E-state index in [0.29, 0.717) is 18.1 Å². The van der Waals surface area contributed by atoms with Crippen molar-refractivity contribution >= 4 is 10.8 Å². The van der Waals surface area contributed by atoms with Gasteiger partial charge < -0.3 is 15.4 Å². The minimum Gasteiger partial charge on any atom is -0.394 e. The van der Waals surface area contributed by atoms with Gasteiger partial charge in [0.25, 0.3) is 0 Å². The first kappa shape index (κ1) is 12.8. The molecule has 0 aliphatic rings. The van der Waals surface area contributed by atoms with E-state index in [2.05, 4.69) is 28.3 Å². The van der Waals surface area contributed by atoms with Gasteiger partial charge in [0, 0.05) is 0 Å². The van der Waals surface area contributed by atoms with Gasteiger partial charge in [0.05, 0.1) is 19.1 Å². The Balaban J connectivity index is 1.91. The summed E-state index contributed by atoms with van der Waals surface area (Å²) in [5, 5.41) is 15.1. The molecule has 0 saturated carbocycles. The van der Waals surface area contributed by atoms with Crippen molar-refractivity contribution in [2.75, 3.05) is 6.61 Å². The van der Waals surface area contributed by atoms with Crippen LogP contribution >= 0.6 is 0 Å². The van der Waals surface area contributed by atoms with E-state index >= 15 is 0 Å². The summed E-state index contributed by atoms with van der Waals surface area (Å²) < 4.78 is 5.19. The van der Waals surface area contributed by atoms with Crippen molar-refractivity contribution in [3.05, 3.63) is 59.7 Å². The number of aromatic nitrogens is 2. The third kappa shape index (κ3) is 2.41. The molecule has 1 heterocycles. The number of hydrogen-bond donors (Lipinski definition) is 2. The van der Waals surface area contributed by atoms with Crippen molar-refractivity contribution in [2.24, 2.45) is 5.73 Å². The number of nitrogens with zero attached hydrogens (tertiary/aromatic N) is 2. The molecule has 0 aliphatic heterocycles. The van der Waals surface area contributed by atoms with Crippen molar-refractivity contribution < 1.29 is 9.63 Å². The molecule has 3 N–H and O–H groups in total. The second-order valence-electron chi connectivity index (χ2n) is 4.65. The predicted molar refractivity (Wildman–Crippen MR) is 75.1 cm³/mol. The van der Waals surface area contributed by atoms with Gasteiger partial charge in [-0.1, -0.05) is 47.6 Å². The molecular formula is C15H15N3O2. The van der Waals surface area contributed by atoms with Gasteiger partial charge in [0.15, 0.2) is 5.82 Å². The highest BCUT2D eigenvalue weighted by atomic mass is 16.5. The summed E-state index contributed by atoms with van der Waals surface area (Å²) in [4.78, 5) is 4.22. The molecule has 0 spiro atoms. The largest absolute Gasteiger partial charge is 0.394 e. The van der Waals surface area contributed by atoms with E-state index in [1.54, 1.807) is 0 Å². The Kier molecular flexibility index (Phi) is 3.45. The summed E-state index contributed by atoms with van der Waals surface area (Å²) >= 11 is 0. The number of aliphatic hydroxyl groups is 1. The van der Waals surface area contributed by atoms with E-state index in [0.717, 1.165) is 5.56 Å². The van der Waals surface area contributed by atoms with Gasteiger partial charge in [-0.2, -0.15) is 4.98 Å². The standard InChI is InChI=1S/C15H15N3O2/c16-13(9-19)15-17-14(20-18-15)8-11-6-3-5-10-4-1-2-7-12(10)11/h1-7,13,19H,8-9,16H2. The summed E-state index contributed by atoms with van der Waals surface area (Å²) in [7, 11) is 0. The fourth-order valence-corrected chi connectivity index (χ4v) is 2.18. The van der Waals surface area contributed by atoms with Gasteiger partial charge in [0.2, 0.25) is 5.89 Å². The van der Waals surface area contributed by atoms with Crippen LogP contribution in [0.2, 0.25) is 0 Å². The molecule has 1 atom stereocenters. The maximum atomic E-state index is 8.98. The fraction of sp³-hybridized carbons (Fsp3) is 0.200. The smallest absolute Gasteiger partial charge is 0.231 e. The van der Waals surface area contributed by atoms with Crippen LogP contribution < -0.4 is 5.73 Å². The van der Waals surface area contributed by atoms with Crippen LogP contribution in [0.4, 0.5) is 0 Å². The minimum absolute atomic E-state index is 0.201. The van der Waals surface area contributed by atoms with Crippen molar-refractivity contribution in [3.8, 4) is 0 Å². The Morgan fingerprint density at radius 3 is 2.80 bits per heavy atom. The van der Waals surface area contributed by atoms with Crippen molar-refractivity contribution in [3.63, 3.8) is 0 Å². The molecule has 20 heavy (non-hydrogen) atoms. The second kappa shape index (κ2) is 5.40. The minimum atomic E-state index is -0.597. The number of fused-ring (bicyclic) bond motifs is 1. The zero-order chi connectivity index (χ0) is 13.9. The van der Waals surface area contributed by atoms with Crippen LogP contribution in [0.15, 0.2) is 47.0 Å². The van der Waals surface area contributed by atoms with Gasteiger partial charge in [-0.15, -0.1) is 0 Å². The Labute approximate surface area is 116 Å². The molecule has 1 unspecified atom stereocenters. The first-order valence-corrected chi connectivity index (χ1v) is 6.43. The molecular weight excluding hydrogens is 254 g/mol. The molecule has 2 aromatic carbocycles. The molecule has 5 nitrogen and oxygen atoms in total. The Morgan fingerprint density at radius 1 is 1.15 bits per heavy atom. The molecule has 3 rings (SSSR count). The van der Waals surface area contributed by atoms with Gasteiger partial charge >= 0.3 is 0 Å². The van der Waals surface area contributed by atoms with E-state index < -0.39 is 6.04 Å². The lowest BCUT2D eigenvalue weighted by Gasteiger charge is -2.03. The van der Waals surface area contributed by atoms with Crippen molar-refractivity contribution in [1.29, 1.82) is 0 Å². The highest BCUT2D eigenvalue weighted by molar-refractivity contribution is 5.85. The van der Waals surface area contributed by atoms with Gasteiger partial charge in [-0.25, -0.2) is 0 Å². The molecule has 1 aromatic heterocycles. The summed E-state index contributed by atoms with van der Waals surface area (Å²) in [6.07, 6.45) is 0.548. The molecule has 0 radical (unpaired) electrons. The molecule has 0 aliphatic carbocycles. The maximum absolute atomic E-state index is 8.98. The maximum Gasteiger partial charge on any atom is 0.231 e. The summed E-state index contributed by atoms with van der Waals surface area (Å²) in [6.45, 7) is -0.201. The molecule has 3 aromatic rings. The molecule has 0 fully saturated rings. The van der Waals surface area contributed by atoms with E-state index in [-0.39, 0.29) is 6.61 Å². The SMILES string of the molecule is NC(CO)c1noc(Cc2cccc3ccccc23)n1. The molecule has 5 heteroatoms. The van der Waals surface area contributed by atoms with Crippen molar-refractivity contribution in [2.45, 2.75) is 12.5 Å². The normalized spacial score (nSPS) is 12.7. The third-order valence-electron chi connectivity index (χ3n) is 3.23. The Bertz CT molecular complexity index is 718. The van der Waals surface area contributed by atoms with Crippen LogP contribution in [0.5, 0.6) is 0 Å². The van der Waals surface area contributed by atoms with Crippen LogP contribution in [0.3, 0.4) is 0 Å². The average Bonchev–Trinajstić information content (AvgIpc) is 2.95. The summed E-state index contributed by atoms with van der Waals surface area (Å²) in [6, 6.07) is 13.7. The van der Waals surface area contributed by atoms with Crippen LogP contribution in [-0.2, 0) is 6.42 Å².